The predicted octanol–water partition coefficient (Wildman–Crippen LogP) is 5.46. The minimum absolute atomic E-state index is 0.343. The molecule has 0 amide bonds. The number of hydrogen-bond acceptors (Lipinski definition) is 4. The molecular weight excluding hydrogens is 397 g/mol. The number of nitrogens with one attached hydrogen (secondary N) is 1. The van der Waals surface area contributed by atoms with Gasteiger partial charge in [0.25, 0.3) is 0 Å². The smallest absolute Gasteiger partial charge is 0.336 e. The summed E-state index contributed by atoms with van der Waals surface area (Å²) in [5.74, 6) is 0.140. The fourth-order valence-corrected chi connectivity index (χ4v) is 4.09. The zero-order chi connectivity index (χ0) is 20.4. The molecule has 1 atom stereocenters. The number of hydrogen-bond donors (Lipinski definition) is 1. The van der Waals surface area contributed by atoms with Gasteiger partial charge in [0.2, 0.25) is 0 Å². The molecular formula is C21H25Cl2N3O2. The highest BCUT2D eigenvalue weighted by Crippen LogP contribution is 2.47. The van der Waals surface area contributed by atoms with Crippen molar-refractivity contribution in [3.05, 3.63) is 56.3 Å². The number of aromatic nitrogens is 2. The molecule has 7 heteroatoms. The summed E-state index contributed by atoms with van der Waals surface area (Å²) in [6, 6.07) is 5.51. The third-order valence-electron chi connectivity index (χ3n) is 4.88. The number of halogens is 2. The van der Waals surface area contributed by atoms with Crippen LogP contribution in [0.3, 0.4) is 0 Å². The maximum atomic E-state index is 13.0. The Hall–Kier alpha value is -1.98. The Morgan fingerprint density at radius 3 is 2.71 bits per heavy atom. The van der Waals surface area contributed by atoms with Crippen LogP contribution in [0.15, 0.2) is 29.5 Å². The van der Waals surface area contributed by atoms with Crippen molar-refractivity contribution >= 4 is 35.0 Å². The fraction of sp³-hybridized carbons (Fsp3) is 0.429. The lowest BCUT2D eigenvalue weighted by molar-refractivity contribution is -0.139. The molecule has 0 bridgehead atoms. The number of esters is 1. The second-order valence-electron chi connectivity index (χ2n) is 6.96. The second kappa shape index (κ2) is 8.58. The van der Waals surface area contributed by atoms with Crippen molar-refractivity contribution in [1.82, 2.24) is 9.78 Å². The van der Waals surface area contributed by atoms with E-state index in [1.54, 1.807) is 6.07 Å². The van der Waals surface area contributed by atoms with Gasteiger partial charge >= 0.3 is 5.97 Å². The van der Waals surface area contributed by atoms with Crippen LogP contribution in [-0.2, 0) is 23.0 Å². The van der Waals surface area contributed by atoms with E-state index in [2.05, 4.69) is 12.2 Å². The molecule has 28 heavy (non-hydrogen) atoms. The van der Waals surface area contributed by atoms with Gasteiger partial charge < -0.3 is 10.1 Å². The first-order chi connectivity index (χ1) is 13.4. The van der Waals surface area contributed by atoms with E-state index in [4.69, 9.17) is 33.0 Å². The fourth-order valence-electron chi connectivity index (χ4n) is 3.67. The average molecular weight is 422 g/mol. The van der Waals surface area contributed by atoms with Gasteiger partial charge in [0.1, 0.15) is 5.82 Å². The van der Waals surface area contributed by atoms with Crippen LogP contribution in [0.5, 0.6) is 0 Å². The highest BCUT2D eigenvalue weighted by molar-refractivity contribution is 6.42. The molecule has 2 heterocycles. The Bertz CT molecular complexity index is 934. The minimum atomic E-state index is -0.387. The Kier molecular flexibility index (Phi) is 6.36. The van der Waals surface area contributed by atoms with Gasteiger partial charge in [0.05, 0.1) is 27.9 Å². The number of aryl methyl sites for hydroxylation is 2. The highest BCUT2D eigenvalue weighted by Gasteiger charge is 2.38. The van der Waals surface area contributed by atoms with Gasteiger partial charge in [-0.1, -0.05) is 55.6 Å². The van der Waals surface area contributed by atoms with Crippen LogP contribution < -0.4 is 5.32 Å². The number of rotatable bonds is 6. The average Bonchev–Trinajstić information content (AvgIpc) is 2.96. The molecule has 0 radical (unpaired) electrons. The molecule has 0 fully saturated rings. The van der Waals surface area contributed by atoms with Gasteiger partial charge in [-0.2, -0.15) is 5.10 Å². The number of allylic oxidation sites excluding steroid dienone is 1. The third kappa shape index (κ3) is 3.65. The molecule has 0 spiro atoms. The van der Waals surface area contributed by atoms with Crippen molar-refractivity contribution in [3.63, 3.8) is 0 Å². The van der Waals surface area contributed by atoms with Crippen LogP contribution in [-0.4, -0.2) is 22.4 Å². The van der Waals surface area contributed by atoms with E-state index in [1.807, 2.05) is 37.7 Å². The summed E-state index contributed by atoms with van der Waals surface area (Å²) in [5, 5.41) is 8.95. The number of fused-ring (bicyclic) bond motifs is 1. The topological polar surface area (TPSA) is 56.1 Å². The van der Waals surface area contributed by atoms with Crippen molar-refractivity contribution in [2.45, 2.75) is 46.0 Å². The van der Waals surface area contributed by atoms with Crippen molar-refractivity contribution in [2.24, 2.45) is 7.05 Å². The largest absolute Gasteiger partial charge is 0.462 e. The number of benzene rings is 1. The zero-order valence-electron chi connectivity index (χ0n) is 16.6. The van der Waals surface area contributed by atoms with E-state index in [0.717, 1.165) is 47.6 Å². The molecule has 0 aliphatic carbocycles. The molecule has 2 aromatic rings. The van der Waals surface area contributed by atoms with Crippen LogP contribution in [0.1, 0.15) is 56.4 Å². The highest BCUT2D eigenvalue weighted by atomic mass is 35.5. The van der Waals surface area contributed by atoms with Gasteiger partial charge in [-0.05, 0) is 31.4 Å². The standard InChI is InChI=1S/C21H25Cl2N3O2/c1-5-8-15-18-17(13-9-7-10-14(22)19(13)23)16(21(27)28-11-6-2)12(3)24-20(18)26(4)25-15/h7,9-10,17,24H,5-6,8,11H2,1-4H3. The summed E-state index contributed by atoms with van der Waals surface area (Å²) in [6.07, 6.45) is 2.50. The Morgan fingerprint density at radius 2 is 2.04 bits per heavy atom. The Morgan fingerprint density at radius 1 is 1.29 bits per heavy atom. The molecule has 1 unspecified atom stereocenters. The van der Waals surface area contributed by atoms with Gasteiger partial charge in [-0.15, -0.1) is 0 Å². The van der Waals surface area contributed by atoms with Crippen molar-refractivity contribution < 1.29 is 9.53 Å². The van der Waals surface area contributed by atoms with Crippen molar-refractivity contribution in [1.29, 1.82) is 0 Å². The van der Waals surface area contributed by atoms with Gasteiger partial charge in [-0.3, -0.25) is 4.68 Å². The molecule has 0 saturated carbocycles. The first-order valence-corrected chi connectivity index (χ1v) is 10.3. The maximum absolute atomic E-state index is 13.0. The maximum Gasteiger partial charge on any atom is 0.336 e. The predicted molar refractivity (Wildman–Crippen MR) is 113 cm³/mol. The number of carbonyl (C=O) groups is 1. The molecule has 1 N–H and O–H groups in total. The van der Waals surface area contributed by atoms with Crippen LogP contribution in [0.4, 0.5) is 5.82 Å². The number of anilines is 1. The molecule has 5 nitrogen and oxygen atoms in total. The van der Waals surface area contributed by atoms with Crippen LogP contribution in [0.25, 0.3) is 0 Å². The SMILES string of the molecule is CCCOC(=O)C1=C(C)Nc2c(c(CCC)nn2C)C1c1cccc(Cl)c1Cl. The van der Waals surface area contributed by atoms with Crippen molar-refractivity contribution in [2.75, 3.05) is 11.9 Å². The molecule has 1 aliphatic heterocycles. The summed E-state index contributed by atoms with van der Waals surface area (Å²) in [5.41, 5.74) is 3.98. The van der Waals surface area contributed by atoms with Gasteiger partial charge in [0, 0.05) is 24.2 Å². The lowest BCUT2D eigenvalue weighted by Crippen LogP contribution is -2.25. The van der Waals surface area contributed by atoms with Crippen LogP contribution in [0, 0.1) is 0 Å². The minimum Gasteiger partial charge on any atom is -0.462 e. The second-order valence-corrected chi connectivity index (χ2v) is 7.74. The summed E-state index contributed by atoms with van der Waals surface area (Å²) in [6.45, 7) is 6.32. The van der Waals surface area contributed by atoms with E-state index in [-0.39, 0.29) is 11.9 Å². The number of nitrogens with zero attached hydrogens (tertiary/aromatic N) is 2. The van der Waals surface area contributed by atoms with E-state index in [1.165, 1.54) is 0 Å². The molecule has 0 saturated heterocycles. The third-order valence-corrected chi connectivity index (χ3v) is 5.72. The first kappa shape index (κ1) is 20.7. The molecule has 1 aromatic carbocycles. The van der Waals surface area contributed by atoms with Crippen LogP contribution >= 0.6 is 23.2 Å². The first-order valence-electron chi connectivity index (χ1n) is 9.55. The van der Waals surface area contributed by atoms with E-state index < -0.39 is 0 Å². The van der Waals surface area contributed by atoms with Crippen LogP contribution in [0.2, 0.25) is 10.0 Å². The zero-order valence-corrected chi connectivity index (χ0v) is 18.1. The van der Waals surface area contributed by atoms with Gasteiger partial charge in [0.15, 0.2) is 0 Å². The van der Waals surface area contributed by atoms with Gasteiger partial charge in [-0.25, -0.2) is 4.79 Å². The summed E-state index contributed by atoms with van der Waals surface area (Å²) >= 11 is 12.9. The quantitative estimate of drug-likeness (QED) is 0.628. The number of carbonyl (C=O) groups excluding carboxylic acids is 1. The Labute approximate surface area is 175 Å². The van der Waals surface area contributed by atoms with E-state index in [9.17, 15) is 4.79 Å². The molecule has 1 aliphatic rings. The molecule has 1 aromatic heterocycles. The normalized spacial score (nSPS) is 16.0. The lowest BCUT2D eigenvalue weighted by atomic mass is 9.81. The van der Waals surface area contributed by atoms with E-state index in [0.29, 0.717) is 22.2 Å². The van der Waals surface area contributed by atoms with E-state index >= 15 is 0 Å². The Balaban J connectivity index is 2.25. The summed E-state index contributed by atoms with van der Waals surface area (Å²) in [7, 11) is 1.90. The number of ether oxygens (including phenoxy) is 1. The molecule has 150 valence electrons. The van der Waals surface area contributed by atoms with Crippen molar-refractivity contribution in [3.8, 4) is 0 Å². The monoisotopic (exact) mass is 421 g/mol. The summed E-state index contributed by atoms with van der Waals surface area (Å²) in [4.78, 5) is 13.0. The summed E-state index contributed by atoms with van der Waals surface area (Å²) < 4.78 is 7.33. The lowest BCUT2D eigenvalue weighted by Gasteiger charge is -2.29. The molecule has 3 rings (SSSR count).